The lowest BCUT2D eigenvalue weighted by molar-refractivity contribution is -0.157. The number of para-hydroxylation sites is 1. The highest BCUT2D eigenvalue weighted by atomic mass is 16.2. The van der Waals surface area contributed by atoms with Gasteiger partial charge in [-0.3, -0.25) is 14.6 Å². The van der Waals surface area contributed by atoms with Crippen LogP contribution in [0.3, 0.4) is 0 Å². The zero-order valence-corrected chi connectivity index (χ0v) is 14.5. The molecule has 0 bridgehead atoms. The minimum absolute atomic E-state index is 0.0352. The third-order valence-electron chi connectivity index (χ3n) is 5.20. The number of hydrazone groups is 1. The summed E-state index contributed by atoms with van der Waals surface area (Å²) in [6.07, 6.45) is 5.41. The van der Waals surface area contributed by atoms with Crippen molar-refractivity contribution in [2.45, 2.75) is 19.0 Å². The number of hydrogen-bond donors (Lipinski definition) is 1. The first-order chi connectivity index (χ1) is 13.2. The summed E-state index contributed by atoms with van der Waals surface area (Å²) in [6.45, 7) is 0.396. The summed E-state index contributed by atoms with van der Waals surface area (Å²) in [4.78, 5) is 34.7. The molecule has 0 aliphatic carbocycles. The highest BCUT2D eigenvalue weighted by Gasteiger charge is 2.43. The minimum Gasteiger partial charge on any atom is -0.357 e. The molecule has 1 fully saturated rings. The Morgan fingerprint density at radius 1 is 1.11 bits per heavy atom. The van der Waals surface area contributed by atoms with Gasteiger partial charge in [-0.15, -0.1) is 0 Å². The van der Waals surface area contributed by atoms with Gasteiger partial charge in [0.15, 0.2) is 0 Å². The number of nitrogens with one attached hydrogen (secondary N) is 1. The second kappa shape index (κ2) is 6.05. The van der Waals surface area contributed by atoms with Crippen molar-refractivity contribution in [3.63, 3.8) is 0 Å². The number of aromatic nitrogens is 2. The number of piperazine rings is 1. The quantitative estimate of drug-likeness (QED) is 0.707. The molecule has 0 radical (unpaired) electrons. The van der Waals surface area contributed by atoms with Crippen molar-refractivity contribution in [2.75, 3.05) is 6.54 Å². The molecular formula is C20H17N5O2. The van der Waals surface area contributed by atoms with Gasteiger partial charge in [0.05, 0.1) is 12.8 Å². The van der Waals surface area contributed by atoms with Crippen LogP contribution >= 0.6 is 0 Å². The molecule has 0 unspecified atom stereocenters. The largest absolute Gasteiger partial charge is 0.357 e. The average Bonchev–Trinajstić information content (AvgIpc) is 3.07. The molecule has 0 saturated carbocycles. The second-order valence-electron chi connectivity index (χ2n) is 6.79. The highest BCUT2D eigenvalue weighted by molar-refractivity contribution is 5.97. The van der Waals surface area contributed by atoms with E-state index in [1.54, 1.807) is 35.6 Å². The van der Waals surface area contributed by atoms with Crippen LogP contribution in [-0.2, 0) is 22.6 Å². The first-order valence-electron chi connectivity index (χ1n) is 8.84. The Hall–Kier alpha value is -3.48. The summed E-state index contributed by atoms with van der Waals surface area (Å²) in [5, 5.41) is 6.65. The van der Waals surface area contributed by atoms with Crippen LogP contribution in [0.15, 0.2) is 53.9 Å². The molecule has 2 aliphatic rings. The van der Waals surface area contributed by atoms with Crippen LogP contribution in [0.5, 0.6) is 0 Å². The molecule has 7 nitrogen and oxygen atoms in total. The summed E-state index contributed by atoms with van der Waals surface area (Å²) in [5.41, 5.74) is 4.00. The summed E-state index contributed by atoms with van der Waals surface area (Å²) < 4.78 is 0. The van der Waals surface area contributed by atoms with E-state index >= 15 is 0 Å². The van der Waals surface area contributed by atoms with Gasteiger partial charge in [0.2, 0.25) is 5.91 Å². The standard InChI is InChI=1S/C20H17N5O2/c26-19-12-25(22-10-13-5-7-21-8-6-13)20(27)18-9-15-14-3-1-2-4-16(14)23-17(15)11-24(18)19/h1-8,10,18,23H,9,11-12H2/t18-/m0/s1. The Bertz CT molecular complexity index is 1070. The summed E-state index contributed by atoms with van der Waals surface area (Å²) in [5.74, 6) is -0.230. The van der Waals surface area contributed by atoms with E-state index in [0.29, 0.717) is 13.0 Å². The van der Waals surface area contributed by atoms with Crippen molar-refractivity contribution in [1.29, 1.82) is 0 Å². The third kappa shape index (κ3) is 2.59. The average molecular weight is 359 g/mol. The fourth-order valence-corrected chi connectivity index (χ4v) is 3.84. The van der Waals surface area contributed by atoms with Gasteiger partial charge in [0.1, 0.15) is 12.6 Å². The number of hydrogen-bond acceptors (Lipinski definition) is 4. The van der Waals surface area contributed by atoms with Crippen LogP contribution in [0.4, 0.5) is 0 Å². The molecule has 134 valence electrons. The van der Waals surface area contributed by atoms with Crippen molar-refractivity contribution < 1.29 is 9.59 Å². The van der Waals surface area contributed by atoms with Crippen molar-refractivity contribution >= 4 is 28.9 Å². The van der Waals surface area contributed by atoms with Crippen LogP contribution in [0.1, 0.15) is 16.8 Å². The number of H-pyrrole nitrogens is 1. The van der Waals surface area contributed by atoms with Crippen LogP contribution in [-0.4, -0.2) is 50.5 Å². The Morgan fingerprint density at radius 3 is 2.78 bits per heavy atom. The normalized spacial score (nSPS) is 19.6. The number of amides is 2. The molecule has 4 heterocycles. The zero-order chi connectivity index (χ0) is 18.4. The van der Waals surface area contributed by atoms with Crippen LogP contribution in [0, 0.1) is 0 Å². The maximum absolute atomic E-state index is 13.0. The van der Waals surface area contributed by atoms with E-state index in [2.05, 4.69) is 21.1 Å². The molecule has 2 amide bonds. The molecule has 1 saturated heterocycles. The Balaban J connectivity index is 1.46. The van der Waals surface area contributed by atoms with Gasteiger partial charge < -0.3 is 9.88 Å². The smallest absolute Gasteiger partial charge is 0.266 e. The number of aromatic amines is 1. The van der Waals surface area contributed by atoms with Gasteiger partial charge >= 0.3 is 0 Å². The predicted octanol–water partition coefficient (Wildman–Crippen LogP) is 1.69. The molecule has 0 spiro atoms. The van der Waals surface area contributed by atoms with Crippen LogP contribution < -0.4 is 0 Å². The highest BCUT2D eigenvalue weighted by Crippen LogP contribution is 2.32. The van der Waals surface area contributed by atoms with E-state index in [9.17, 15) is 9.59 Å². The molecule has 7 heteroatoms. The minimum atomic E-state index is -0.507. The van der Waals surface area contributed by atoms with Crippen molar-refractivity contribution in [2.24, 2.45) is 5.10 Å². The second-order valence-corrected chi connectivity index (χ2v) is 6.79. The topological polar surface area (TPSA) is 81.7 Å². The molecule has 1 aromatic carbocycles. The van der Waals surface area contributed by atoms with Crippen LogP contribution in [0.2, 0.25) is 0 Å². The number of fused-ring (bicyclic) bond motifs is 4. The molecule has 27 heavy (non-hydrogen) atoms. The number of rotatable bonds is 2. The molecule has 1 N–H and O–H groups in total. The van der Waals surface area contributed by atoms with Crippen molar-refractivity contribution in [3.8, 4) is 0 Å². The zero-order valence-electron chi connectivity index (χ0n) is 14.5. The van der Waals surface area contributed by atoms with Gasteiger partial charge in [0.25, 0.3) is 5.91 Å². The third-order valence-corrected chi connectivity index (χ3v) is 5.20. The van der Waals surface area contributed by atoms with E-state index < -0.39 is 6.04 Å². The fraction of sp³-hybridized carbons (Fsp3) is 0.200. The van der Waals surface area contributed by atoms with E-state index in [4.69, 9.17) is 0 Å². The number of pyridine rings is 1. The van der Waals surface area contributed by atoms with E-state index in [-0.39, 0.29) is 18.4 Å². The summed E-state index contributed by atoms with van der Waals surface area (Å²) >= 11 is 0. The van der Waals surface area contributed by atoms with Gasteiger partial charge in [0, 0.05) is 35.4 Å². The van der Waals surface area contributed by atoms with Gasteiger partial charge in [-0.05, 0) is 29.3 Å². The maximum Gasteiger partial charge on any atom is 0.266 e. The number of carbonyl (C=O) groups is 2. The van der Waals surface area contributed by atoms with Gasteiger partial charge in [-0.2, -0.15) is 5.10 Å². The van der Waals surface area contributed by atoms with E-state index in [1.807, 2.05) is 18.2 Å². The lowest BCUT2D eigenvalue weighted by Gasteiger charge is -2.40. The lowest BCUT2D eigenvalue weighted by Crippen LogP contribution is -2.60. The lowest BCUT2D eigenvalue weighted by atomic mass is 9.94. The maximum atomic E-state index is 13.0. The Kier molecular flexibility index (Phi) is 3.53. The predicted molar refractivity (Wildman–Crippen MR) is 99.9 cm³/mol. The summed E-state index contributed by atoms with van der Waals surface area (Å²) in [6, 6.07) is 11.1. The van der Waals surface area contributed by atoms with Crippen molar-refractivity contribution in [1.82, 2.24) is 19.9 Å². The van der Waals surface area contributed by atoms with E-state index in [0.717, 1.165) is 27.7 Å². The van der Waals surface area contributed by atoms with Crippen molar-refractivity contribution in [3.05, 3.63) is 65.6 Å². The summed E-state index contributed by atoms with van der Waals surface area (Å²) in [7, 11) is 0. The van der Waals surface area contributed by atoms with E-state index in [1.165, 1.54) is 5.01 Å². The molecular weight excluding hydrogens is 342 g/mol. The number of benzene rings is 1. The van der Waals surface area contributed by atoms with Gasteiger partial charge in [-0.25, -0.2) is 5.01 Å². The number of nitrogens with zero attached hydrogens (tertiary/aromatic N) is 4. The molecule has 1 atom stereocenters. The van der Waals surface area contributed by atoms with Crippen LogP contribution in [0.25, 0.3) is 10.9 Å². The first kappa shape index (κ1) is 15.7. The van der Waals surface area contributed by atoms with Gasteiger partial charge in [-0.1, -0.05) is 18.2 Å². The number of carbonyl (C=O) groups excluding carboxylic acids is 2. The Morgan fingerprint density at radius 2 is 1.93 bits per heavy atom. The SMILES string of the molecule is O=C1[C@@H]2Cc3c([nH]c4ccccc34)CN2C(=O)CN1N=Cc1ccncc1. The molecule has 2 aliphatic heterocycles. The monoisotopic (exact) mass is 359 g/mol. The first-order valence-corrected chi connectivity index (χ1v) is 8.84. The molecule has 2 aromatic heterocycles. The molecule has 3 aromatic rings. The Labute approximate surface area is 155 Å². The fourth-order valence-electron chi connectivity index (χ4n) is 3.84. The molecule has 5 rings (SSSR count).